The predicted octanol–water partition coefficient (Wildman–Crippen LogP) is 2.94. The monoisotopic (exact) mass is 360 g/mol. The summed E-state index contributed by atoms with van der Waals surface area (Å²) in [6.07, 6.45) is 8.96. The van der Waals surface area contributed by atoms with Crippen molar-refractivity contribution in [3.8, 4) is 11.1 Å². The number of hydrogen-bond acceptors (Lipinski definition) is 4. The van der Waals surface area contributed by atoms with Crippen LogP contribution in [-0.4, -0.2) is 32.6 Å². The highest BCUT2D eigenvalue weighted by molar-refractivity contribution is 6.07. The standard InChI is InChI=1S/C20H20N6O/c1-12-5-13(8-22-7-12)16(6-21)20(27)26-18-4-2-3-15-17(11-23-19(15)18)14-9-24-25-10-14/h2-5,7-11,16,23H,6,21H2,1H3,(H,24,25)(H,26,27)/t16-/m0/s1. The van der Waals surface area contributed by atoms with Gasteiger partial charge in [-0.2, -0.15) is 5.10 Å². The van der Waals surface area contributed by atoms with Crippen LogP contribution < -0.4 is 11.1 Å². The molecule has 0 unspecified atom stereocenters. The topological polar surface area (TPSA) is 112 Å². The third-order valence-electron chi connectivity index (χ3n) is 4.63. The van der Waals surface area contributed by atoms with Crippen LogP contribution in [0.3, 0.4) is 0 Å². The van der Waals surface area contributed by atoms with Crippen molar-refractivity contribution in [2.45, 2.75) is 12.8 Å². The Morgan fingerprint density at radius 2 is 2.15 bits per heavy atom. The number of carbonyl (C=O) groups excluding carboxylic acids is 1. The lowest BCUT2D eigenvalue weighted by Gasteiger charge is -2.16. The highest BCUT2D eigenvalue weighted by Crippen LogP contribution is 2.32. The Kier molecular flexibility index (Phi) is 4.43. The number of nitrogens with two attached hydrogens (primary N) is 1. The Labute approximate surface area is 156 Å². The second kappa shape index (κ2) is 7.05. The first-order chi connectivity index (χ1) is 13.2. The molecule has 0 spiro atoms. The van der Waals surface area contributed by atoms with Crippen LogP contribution in [0.25, 0.3) is 22.0 Å². The number of fused-ring (bicyclic) bond motifs is 1. The molecule has 3 aromatic heterocycles. The predicted molar refractivity (Wildman–Crippen MR) is 105 cm³/mol. The fraction of sp³-hybridized carbons (Fsp3) is 0.150. The Bertz CT molecular complexity index is 1080. The van der Waals surface area contributed by atoms with Crippen molar-refractivity contribution in [2.75, 3.05) is 11.9 Å². The molecule has 0 saturated heterocycles. The molecule has 4 aromatic rings. The van der Waals surface area contributed by atoms with Gasteiger partial charge in [0.05, 0.1) is 23.3 Å². The fourth-order valence-electron chi connectivity index (χ4n) is 3.28. The van der Waals surface area contributed by atoms with Crippen LogP contribution >= 0.6 is 0 Å². The van der Waals surface area contributed by atoms with Gasteiger partial charge in [0, 0.05) is 47.8 Å². The quantitative estimate of drug-likeness (QED) is 0.438. The summed E-state index contributed by atoms with van der Waals surface area (Å²) in [5.74, 6) is -0.618. The molecule has 7 nitrogen and oxygen atoms in total. The maximum absolute atomic E-state index is 12.9. The van der Waals surface area contributed by atoms with Gasteiger partial charge in [-0.05, 0) is 24.1 Å². The van der Waals surface area contributed by atoms with Crippen LogP contribution in [0.5, 0.6) is 0 Å². The molecular weight excluding hydrogens is 340 g/mol. The number of aromatic amines is 2. The smallest absolute Gasteiger partial charge is 0.233 e. The molecule has 0 radical (unpaired) electrons. The number of para-hydroxylation sites is 1. The summed E-state index contributed by atoms with van der Waals surface area (Å²) in [7, 11) is 0. The van der Waals surface area contributed by atoms with Crippen molar-refractivity contribution in [1.82, 2.24) is 20.2 Å². The molecule has 5 N–H and O–H groups in total. The van der Waals surface area contributed by atoms with Crippen molar-refractivity contribution >= 4 is 22.5 Å². The minimum atomic E-state index is -0.462. The first-order valence-corrected chi connectivity index (χ1v) is 8.69. The van der Waals surface area contributed by atoms with Gasteiger partial charge in [-0.1, -0.05) is 18.2 Å². The Morgan fingerprint density at radius 3 is 2.89 bits per heavy atom. The summed E-state index contributed by atoms with van der Waals surface area (Å²) in [6, 6.07) is 7.74. The Morgan fingerprint density at radius 1 is 1.26 bits per heavy atom. The van der Waals surface area contributed by atoms with E-state index in [0.717, 1.165) is 33.2 Å². The second-order valence-electron chi connectivity index (χ2n) is 6.49. The van der Waals surface area contributed by atoms with E-state index in [1.165, 1.54) is 0 Å². The first-order valence-electron chi connectivity index (χ1n) is 8.69. The lowest BCUT2D eigenvalue weighted by atomic mass is 9.98. The first kappa shape index (κ1) is 17.0. The third kappa shape index (κ3) is 3.20. The zero-order valence-corrected chi connectivity index (χ0v) is 14.9. The number of benzene rings is 1. The van der Waals surface area contributed by atoms with Crippen molar-refractivity contribution in [1.29, 1.82) is 0 Å². The van der Waals surface area contributed by atoms with E-state index in [1.807, 2.05) is 43.6 Å². The fourth-order valence-corrected chi connectivity index (χ4v) is 3.28. The van der Waals surface area contributed by atoms with Crippen LogP contribution in [0.1, 0.15) is 17.0 Å². The second-order valence-corrected chi connectivity index (χ2v) is 6.49. The molecule has 1 amide bonds. The third-order valence-corrected chi connectivity index (χ3v) is 4.63. The van der Waals surface area contributed by atoms with Crippen LogP contribution in [0.4, 0.5) is 5.69 Å². The molecule has 4 rings (SSSR count). The molecule has 0 aliphatic rings. The average Bonchev–Trinajstić information content (AvgIpc) is 3.32. The number of aromatic nitrogens is 4. The number of aryl methyl sites for hydroxylation is 1. The van der Waals surface area contributed by atoms with E-state index in [4.69, 9.17) is 5.73 Å². The normalized spacial score (nSPS) is 12.2. The number of H-pyrrole nitrogens is 2. The van der Waals surface area contributed by atoms with Gasteiger partial charge in [0.1, 0.15) is 0 Å². The van der Waals surface area contributed by atoms with Crippen LogP contribution in [0.15, 0.2) is 55.2 Å². The molecule has 1 atom stereocenters. The van der Waals surface area contributed by atoms with E-state index in [2.05, 4.69) is 25.5 Å². The SMILES string of the molecule is Cc1cncc([C@H](CN)C(=O)Nc2cccc3c(-c4cn[nH]c4)c[nH]c23)c1. The van der Waals surface area contributed by atoms with Crippen molar-refractivity contribution < 1.29 is 4.79 Å². The van der Waals surface area contributed by atoms with E-state index in [0.29, 0.717) is 5.69 Å². The number of carbonyl (C=O) groups is 1. The van der Waals surface area contributed by atoms with E-state index in [9.17, 15) is 4.79 Å². The Balaban J connectivity index is 1.66. The van der Waals surface area contributed by atoms with Crippen LogP contribution in [0, 0.1) is 6.92 Å². The Hall–Kier alpha value is -3.45. The molecule has 0 bridgehead atoms. The number of hydrogen-bond donors (Lipinski definition) is 4. The zero-order valence-electron chi connectivity index (χ0n) is 14.9. The summed E-state index contributed by atoms with van der Waals surface area (Å²) in [4.78, 5) is 20.3. The average molecular weight is 360 g/mol. The van der Waals surface area contributed by atoms with E-state index < -0.39 is 5.92 Å². The number of amides is 1. The number of nitrogens with one attached hydrogen (secondary N) is 3. The molecule has 136 valence electrons. The minimum absolute atomic E-state index is 0.156. The van der Waals surface area contributed by atoms with Gasteiger partial charge in [-0.25, -0.2) is 0 Å². The molecule has 7 heteroatoms. The summed E-state index contributed by atoms with van der Waals surface area (Å²) < 4.78 is 0. The lowest BCUT2D eigenvalue weighted by Crippen LogP contribution is -2.27. The molecule has 3 heterocycles. The van der Waals surface area contributed by atoms with Crippen molar-refractivity contribution in [3.63, 3.8) is 0 Å². The summed E-state index contributed by atoms with van der Waals surface area (Å²) in [6.45, 7) is 2.15. The van der Waals surface area contributed by atoms with Crippen LogP contribution in [0.2, 0.25) is 0 Å². The summed E-state index contributed by atoms with van der Waals surface area (Å²) in [5.41, 5.74) is 11.3. The van der Waals surface area contributed by atoms with Crippen molar-refractivity contribution in [2.24, 2.45) is 5.73 Å². The van der Waals surface area contributed by atoms with Gasteiger partial charge in [0.25, 0.3) is 0 Å². The summed E-state index contributed by atoms with van der Waals surface area (Å²) >= 11 is 0. The molecule has 0 aliphatic heterocycles. The number of pyridine rings is 1. The van der Waals surface area contributed by atoms with E-state index in [1.54, 1.807) is 18.6 Å². The van der Waals surface area contributed by atoms with Gasteiger partial charge in [0.15, 0.2) is 0 Å². The molecule has 0 aliphatic carbocycles. The number of anilines is 1. The van der Waals surface area contributed by atoms with Gasteiger partial charge in [0.2, 0.25) is 5.91 Å². The lowest BCUT2D eigenvalue weighted by molar-refractivity contribution is -0.117. The van der Waals surface area contributed by atoms with Gasteiger partial charge in [-0.3, -0.25) is 14.9 Å². The highest BCUT2D eigenvalue weighted by Gasteiger charge is 2.21. The number of nitrogens with zero attached hydrogens (tertiary/aromatic N) is 2. The van der Waals surface area contributed by atoms with Gasteiger partial charge < -0.3 is 16.0 Å². The molecule has 0 fully saturated rings. The molecule has 27 heavy (non-hydrogen) atoms. The molecular formula is C20H20N6O. The largest absolute Gasteiger partial charge is 0.359 e. The van der Waals surface area contributed by atoms with E-state index >= 15 is 0 Å². The minimum Gasteiger partial charge on any atom is -0.359 e. The van der Waals surface area contributed by atoms with Gasteiger partial charge in [-0.15, -0.1) is 0 Å². The molecule has 1 aromatic carbocycles. The van der Waals surface area contributed by atoms with Crippen LogP contribution in [-0.2, 0) is 4.79 Å². The number of rotatable bonds is 5. The van der Waals surface area contributed by atoms with E-state index in [-0.39, 0.29) is 12.5 Å². The van der Waals surface area contributed by atoms with Gasteiger partial charge >= 0.3 is 0 Å². The highest BCUT2D eigenvalue weighted by atomic mass is 16.1. The maximum atomic E-state index is 12.9. The maximum Gasteiger partial charge on any atom is 0.233 e. The van der Waals surface area contributed by atoms with Crippen molar-refractivity contribution in [3.05, 3.63) is 66.4 Å². The molecule has 0 saturated carbocycles. The summed E-state index contributed by atoms with van der Waals surface area (Å²) in [5, 5.41) is 10.8. The zero-order chi connectivity index (χ0) is 18.8.